The molecule has 29 heavy (non-hydrogen) atoms. The predicted octanol–water partition coefficient (Wildman–Crippen LogP) is 3.14. The van der Waals surface area contributed by atoms with Gasteiger partial charge in [0, 0.05) is 25.1 Å². The van der Waals surface area contributed by atoms with Crippen LogP contribution in [0.1, 0.15) is 40.7 Å². The summed E-state index contributed by atoms with van der Waals surface area (Å²) in [5.41, 5.74) is 8.23. The zero-order valence-corrected chi connectivity index (χ0v) is 17.7. The molecule has 7 heteroatoms. The molecule has 0 radical (unpaired) electrons. The van der Waals surface area contributed by atoms with E-state index in [2.05, 4.69) is 17.8 Å². The zero-order valence-electron chi connectivity index (χ0n) is 17.7. The molecule has 1 amide bonds. The van der Waals surface area contributed by atoms with Crippen molar-refractivity contribution in [3.8, 4) is 17.2 Å². The number of carbonyl (C=O) groups is 1. The Kier molecular flexibility index (Phi) is 8.76. The molecule has 0 bridgehead atoms. The van der Waals surface area contributed by atoms with Gasteiger partial charge >= 0.3 is 0 Å². The maximum atomic E-state index is 12.2. The molecule has 2 N–H and O–H groups in total. The van der Waals surface area contributed by atoms with Crippen molar-refractivity contribution in [2.75, 3.05) is 41.6 Å². The fourth-order valence-corrected chi connectivity index (χ4v) is 3.20. The fourth-order valence-electron chi connectivity index (χ4n) is 3.20. The third-order valence-corrected chi connectivity index (χ3v) is 4.71. The molecule has 158 valence electrons. The van der Waals surface area contributed by atoms with Crippen LogP contribution in [0.5, 0.6) is 17.2 Å². The van der Waals surface area contributed by atoms with E-state index in [-0.39, 0.29) is 11.8 Å². The van der Waals surface area contributed by atoms with E-state index in [1.807, 2.05) is 36.4 Å². The number of hydrogen-bond donors (Lipinski definition) is 2. The molecule has 0 aliphatic carbocycles. The summed E-state index contributed by atoms with van der Waals surface area (Å²) in [6.45, 7) is 3.18. The fraction of sp³-hybridized carbons (Fsp3) is 0.409. The Hall–Kier alpha value is -2.77. The first-order valence-corrected chi connectivity index (χ1v) is 9.51. The number of rotatable bonds is 11. The molecular weight excluding hydrogens is 372 g/mol. The van der Waals surface area contributed by atoms with Crippen LogP contribution in [0, 0.1) is 0 Å². The number of hydrogen-bond acceptors (Lipinski definition) is 6. The van der Waals surface area contributed by atoms with Gasteiger partial charge in [-0.3, -0.25) is 10.2 Å². The highest BCUT2D eigenvalue weighted by atomic mass is 16.5. The maximum Gasteiger partial charge on any atom is 0.265 e. The number of benzene rings is 2. The Bertz CT molecular complexity index is 767. The predicted molar refractivity (Wildman–Crippen MR) is 112 cm³/mol. The third-order valence-electron chi connectivity index (χ3n) is 4.71. The zero-order chi connectivity index (χ0) is 21.2. The summed E-state index contributed by atoms with van der Waals surface area (Å²) in [6.07, 6.45) is 0.878. The van der Waals surface area contributed by atoms with Crippen LogP contribution < -0.4 is 25.1 Å². The lowest BCUT2D eigenvalue weighted by atomic mass is 9.88. The van der Waals surface area contributed by atoms with Crippen molar-refractivity contribution in [3.05, 3.63) is 53.1 Å². The molecule has 2 rings (SSSR count). The minimum Gasteiger partial charge on any atom is -0.493 e. The number of amides is 1. The summed E-state index contributed by atoms with van der Waals surface area (Å²) in [6, 6.07) is 11.5. The highest BCUT2D eigenvalue weighted by molar-refractivity contribution is 5.93. The van der Waals surface area contributed by atoms with Gasteiger partial charge in [0.2, 0.25) is 5.75 Å². The summed E-state index contributed by atoms with van der Waals surface area (Å²) >= 11 is 0. The van der Waals surface area contributed by atoms with Crippen LogP contribution in [0.3, 0.4) is 0 Å². The maximum absolute atomic E-state index is 12.2. The molecule has 0 spiro atoms. The first-order valence-electron chi connectivity index (χ1n) is 9.51. The van der Waals surface area contributed by atoms with Crippen LogP contribution in [0.25, 0.3) is 0 Å². The molecule has 0 aliphatic rings. The van der Waals surface area contributed by atoms with Crippen molar-refractivity contribution in [1.82, 2.24) is 10.9 Å². The van der Waals surface area contributed by atoms with Gasteiger partial charge in [0.05, 0.1) is 27.9 Å². The van der Waals surface area contributed by atoms with Crippen LogP contribution in [0.15, 0.2) is 36.4 Å². The van der Waals surface area contributed by atoms with Gasteiger partial charge in [-0.15, -0.1) is 0 Å². The Morgan fingerprint density at radius 1 is 0.931 bits per heavy atom. The second-order valence-corrected chi connectivity index (χ2v) is 6.42. The Labute approximate surface area is 172 Å². The monoisotopic (exact) mass is 402 g/mol. The summed E-state index contributed by atoms with van der Waals surface area (Å²) in [5, 5.41) is 0. The lowest BCUT2D eigenvalue weighted by Gasteiger charge is -2.20. The van der Waals surface area contributed by atoms with Crippen LogP contribution in [0.2, 0.25) is 0 Å². The van der Waals surface area contributed by atoms with E-state index in [9.17, 15) is 4.79 Å². The van der Waals surface area contributed by atoms with Crippen molar-refractivity contribution >= 4 is 5.91 Å². The van der Waals surface area contributed by atoms with E-state index in [0.717, 1.165) is 17.5 Å². The smallest absolute Gasteiger partial charge is 0.265 e. The first kappa shape index (κ1) is 22.5. The van der Waals surface area contributed by atoms with E-state index in [1.165, 1.54) is 0 Å². The quantitative estimate of drug-likeness (QED) is 0.444. The molecule has 0 fully saturated rings. The van der Waals surface area contributed by atoms with Crippen molar-refractivity contribution in [2.45, 2.75) is 19.3 Å². The molecule has 1 unspecified atom stereocenters. The minimum atomic E-state index is -0.187. The first-order chi connectivity index (χ1) is 14.1. The molecule has 7 nitrogen and oxygen atoms in total. The Morgan fingerprint density at radius 2 is 1.55 bits per heavy atom. The van der Waals surface area contributed by atoms with E-state index in [4.69, 9.17) is 18.9 Å². The van der Waals surface area contributed by atoms with Crippen LogP contribution in [0.4, 0.5) is 0 Å². The minimum absolute atomic E-state index is 0.126. The number of nitrogens with one attached hydrogen (secondary N) is 2. The lowest BCUT2D eigenvalue weighted by molar-refractivity contribution is 0.0926. The van der Waals surface area contributed by atoms with Gasteiger partial charge in [-0.2, -0.15) is 0 Å². The van der Waals surface area contributed by atoms with Crippen LogP contribution in [-0.2, 0) is 4.74 Å². The van der Waals surface area contributed by atoms with Crippen molar-refractivity contribution in [2.24, 2.45) is 0 Å². The molecule has 0 heterocycles. The molecule has 2 aromatic carbocycles. The highest BCUT2D eigenvalue weighted by Gasteiger charge is 2.19. The second-order valence-electron chi connectivity index (χ2n) is 6.42. The molecule has 0 aliphatic heterocycles. The van der Waals surface area contributed by atoms with E-state index in [0.29, 0.717) is 36.0 Å². The van der Waals surface area contributed by atoms with Gasteiger partial charge in [-0.05, 0) is 41.8 Å². The van der Waals surface area contributed by atoms with Gasteiger partial charge in [0.15, 0.2) is 11.5 Å². The summed E-state index contributed by atoms with van der Waals surface area (Å²) in [5.74, 6) is 1.76. The van der Waals surface area contributed by atoms with E-state index in [1.54, 1.807) is 28.4 Å². The number of carbonyl (C=O) groups excluding carboxylic acids is 1. The highest BCUT2D eigenvalue weighted by Crippen LogP contribution is 2.42. The van der Waals surface area contributed by atoms with E-state index >= 15 is 0 Å². The SMILES string of the molecule is CCC(c1ccc(C(=O)NNCCOC)cc1)c1cc(OC)c(OC)c(OC)c1. The normalized spacial score (nSPS) is 11.6. The second kappa shape index (κ2) is 11.3. The van der Waals surface area contributed by atoms with Crippen LogP contribution in [-0.4, -0.2) is 47.5 Å². The molecule has 2 aromatic rings. The van der Waals surface area contributed by atoms with Crippen molar-refractivity contribution < 1.29 is 23.7 Å². The van der Waals surface area contributed by atoms with Gasteiger partial charge in [0.1, 0.15) is 0 Å². The largest absolute Gasteiger partial charge is 0.493 e. The average molecular weight is 402 g/mol. The standard InChI is InChI=1S/C22H30N2O5/c1-6-18(17-13-19(27-3)21(29-5)20(14-17)28-4)15-7-9-16(10-8-15)22(25)24-23-11-12-26-2/h7-10,13-14,18,23H,6,11-12H2,1-5H3,(H,24,25). The summed E-state index contributed by atoms with van der Waals surface area (Å²) in [4.78, 5) is 12.2. The van der Waals surface area contributed by atoms with E-state index < -0.39 is 0 Å². The topological polar surface area (TPSA) is 78.1 Å². The van der Waals surface area contributed by atoms with Gasteiger partial charge in [-0.1, -0.05) is 19.1 Å². The summed E-state index contributed by atoms with van der Waals surface area (Å²) < 4.78 is 21.3. The number of methoxy groups -OCH3 is 4. The molecule has 0 aromatic heterocycles. The van der Waals surface area contributed by atoms with Crippen molar-refractivity contribution in [1.29, 1.82) is 0 Å². The molecule has 0 saturated carbocycles. The van der Waals surface area contributed by atoms with Gasteiger partial charge < -0.3 is 18.9 Å². The van der Waals surface area contributed by atoms with Gasteiger partial charge in [-0.25, -0.2) is 5.43 Å². The Morgan fingerprint density at radius 3 is 2.03 bits per heavy atom. The molecule has 0 saturated heterocycles. The number of hydrazine groups is 1. The molecule has 1 atom stereocenters. The molecular formula is C22H30N2O5. The van der Waals surface area contributed by atoms with Gasteiger partial charge in [0.25, 0.3) is 5.91 Å². The summed E-state index contributed by atoms with van der Waals surface area (Å²) in [7, 11) is 6.41. The van der Waals surface area contributed by atoms with Crippen molar-refractivity contribution in [3.63, 3.8) is 0 Å². The lowest BCUT2D eigenvalue weighted by Crippen LogP contribution is -2.39. The Balaban J connectivity index is 2.23. The van der Waals surface area contributed by atoms with Crippen LogP contribution >= 0.6 is 0 Å². The number of ether oxygens (including phenoxy) is 4. The average Bonchev–Trinajstić information content (AvgIpc) is 2.76. The third kappa shape index (κ3) is 5.62.